The molecular formula is C13H21N3. The second-order valence-electron chi connectivity index (χ2n) is 4.88. The minimum absolute atomic E-state index is 0.897. The van der Waals surface area contributed by atoms with E-state index in [4.69, 9.17) is 5.73 Å². The van der Waals surface area contributed by atoms with Crippen molar-refractivity contribution in [1.82, 2.24) is 4.90 Å². The largest absolute Gasteiger partial charge is 0.397 e. The smallest absolute Gasteiger partial charge is 0.0597 e. The lowest BCUT2D eigenvalue weighted by Crippen LogP contribution is -2.20. The minimum atomic E-state index is 0.897. The van der Waals surface area contributed by atoms with Gasteiger partial charge in [-0.15, -0.1) is 0 Å². The second kappa shape index (κ2) is 4.34. The normalized spacial score (nSPS) is 16.7. The number of rotatable bonds is 1. The average molecular weight is 219 g/mol. The maximum Gasteiger partial charge on any atom is 0.0597 e. The first-order valence-electron chi connectivity index (χ1n) is 5.85. The Hall–Kier alpha value is -1.22. The third-order valence-electron chi connectivity index (χ3n) is 3.36. The number of hydrogen-bond acceptors (Lipinski definition) is 3. The van der Waals surface area contributed by atoms with Crippen molar-refractivity contribution in [1.29, 1.82) is 0 Å². The third kappa shape index (κ3) is 2.14. The first-order valence-corrected chi connectivity index (χ1v) is 5.85. The molecule has 16 heavy (non-hydrogen) atoms. The van der Waals surface area contributed by atoms with Gasteiger partial charge in [-0.2, -0.15) is 0 Å². The maximum atomic E-state index is 6.08. The molecule has 0 aliphatic carbocycles. The Morgan fingerprint density at radius 1 is 1.12 bits per heavy atom. The first kappa shape index (κ1) is 11.3. The first-order chi connectivity index (χ1) is 7.58. The van der Waals surface area contributed by atoms with E-state index in [1.807, 2.05) is 14.1 Å². The Morgan fingerprint density at radius 3 is 2.25 bits per heavy atom. The van der Waals surface area contributed by atoms with Gasteiger partial charge in [0.2, 0.25) is 0 Å². The molecule has 3 nitrogen and oxygen atoms in total. The van der Waals surface area contributed by atoms with Crippen LogP contribution in [0.1, 0.15) is 11.1 Å². The van der Waals surface area contributed by atoms with Crippen molar-refractivity contribution >= 4 is 11.4 Å². The fourth-order valence-electron chi connectivity index (χ4n) is 2.28. The van der Waals surface area contributed by atoms with Crippen molar-refractivity contribution in [2.24, 2.45) is 0 Å². The maximum absolute atomic E-state index is 6.08. The van der Waals surface area contributed by atoms with Gasteiger partial charge in [0, 0.05) is 27.2 Å². The molecule has 0 spiro atoms. The lowest BCUT2D eigenvalue weighted by atomic mass is 10.0. The molecule has 1 aliphatic heterocycles. The van der Waals surface area contributed by atoms with Gasteiger partial charge in [-0.25, -0.2) is 0 Å². The van der Waals surface area contributed by atoms with Crippen LogP contribution in [0.4, 0.5) is 11.4 Å². The molecule has 1 heterocycles. The summed E-state index contributed by atoms with van der Waals surface area (Å²) in [5.74, 6) is 0. The van der Waals surface area contributed by atoms with Gasteiger partial charge in [-0.1, -0.05) is 0 Å². The van der Waals surface area contributed by atoms with Crippen molar-refractivity contribution in [2.75, 3.05) is 44.9 Å². The highest BCUT2D eigenvalue weighted by atomic mass is 15.1. The number of nitrogens with two attached hydrogens (primary N) is 1. The van der Waals surface area contributed by atoms with E-state index in [2.05, 4.69) is 29.0 Å². The van der Waals surface area contributed by atoms with Gasteiger partial charge in [-0.05, 0) is 43.1 Å². The van der Waals surface area contributed by atoms with Crippen molar-refractivity contribution in [2.45, 2.75) is 12.8 Å². The molecule has 0 saturated heterocycles. The highest BCUT2D eigenvalue weighted by Gasteiger charge is 2.14. The van der Waals surface area contributed by atoms with Crippen molar-refractivity contribution in [3.63, 3.8) is 0 Å². The Labute approximate surface area is 97.8 Å². The molecule has 1 aromatic rings. The molecule has 2 rings (SSSR count). The monoisotopic (exact) mass is 219 g/mol. The molecule has 0 atom stereocenters. The van der Waals surface area contributed by atoms with Crippen molar-refractivity contribution < 1.29 is 0 Å². The zero-order chi connectivity index (χ0) is 11.7. The molecule has 88 valence electrons. The second-order valence-corrected chi connectivity index (χ2v) is 4.88. The molecule has 0 bridgehead atoms. The number of anilines is 2. The molecule has 0 amide bonds. The van der Waals surface area contributed by atoms with Crippen molar-refractivity contribution in [3.05, 3.63) is 23.3 Å². The van der Waals surface area contributed by atoms with Crippen LogP contribution in [-0.2, 0) is 12.8 Å². The lowest BCUT2D eigenvalue weighted by Gasteiger charge is -2.18. The molecule has 1 aliphatic rings. The lowest BCUT2D eigenvalue weighted by molar-refractivity contribution is 0.352. The predicted molar refractivity (Wildman–Crippen MR) is 70.1 cm³/mol. The zero-order valence-electron chi connectivity index (χ0n) is 10.5. The summed E-state index contributed by atoms with van der Waals surface area (Å²) in [7, 11) is 6.27. The van der Waals surface area contributed by atoms with Crippen LogP contribution in [0.15, 0.2) is 12.1 Å². The summed E-state index contributed by atoms with van der Waals surface area (Å²) in [5.41, 5.74) is 11.0. The van der Waals surface area contributed by atoms with E-state index in [-0.39, 0.29) is 0 Å². The minimum Gasteiger partial charge on any atom is -0.397 e. The van der Waals surface area contributed by atoms with Crippen LogP contribution >= 0.6 is 0 Å². The van der Waals surface area contributed by atoms with Crippen LogP contribution in [0.5, 0.6) is 0 Å². The molecule has 0 saturated carbocycles. The summed E-state index contributed by atoms with van der Waals surface area (Å²) in [5, 5.41) is 0. The molecule has 0 unspecified atom stereocenters. The molecule has 3 heteroatoms. The van der Waals surface area contributed by atoms with Crippen LogP contribution < -0.4 is 10.6 Å². The van der Waals surface area contributed by atoms with E-state index in [1.165, 1.54) is 11.1 Å². The van der Waals surface area contributed by atoms with E-state index in [0.717, 1.165) is 37.3 Å². The van der Waals surface area contributed by atoms with Crippen LogP contribution in [0.25, 0.3) is 0 Å². The van der Waals surface area contributed by atoms with Gasteiger partial charge in [0.05, 0.1) is 11.4 Å². The Morgan fingerprint density at radius 2 is 1.69 bits per heavy atom. The average Bonchev–Trinajstić information content (AvgIpc) is 2.40. The number of benzene rings is 1. The number of hydrogen-bond donors (Lipinski definition) is 1. The van der Waals surface area contributed by atoms with E-state index in [0.29, 0.717) is 0 Å². The SMILES string of the molecule is CN1CCc2cc(N)c(N(C)C)cc2CC1. The summed E-state index contributed by atoms with van der Waals surface area (Å²) >= 11 is 0. The van der Waals surface area contributed by atoms with E-state index in [1.54, 1.807) is 0 Å². The van der Waals surface area contributed by atoms with E-state index >= 15 is 0 Å². The van der Waals surface area contributed by atoms with E-state index < -0.39 is 0 Å². The van der Waals surface area contributed by atoms with Gasteiger partial charge < -0.3 is 15.5 Å². The Bertz CT molecular complexity index is 385. The molecule has 1 aromatic carbocycles. The quantitative estimate of drug-likeness (QED) is 0.724. The van der Waals surface area contributed by atoms with E-state index in [9.17, 15) is 0 Å². The van der Waals surface area contributed by atoms with Crippen molar-refractivity contribution in [3.8, 4) is 0 Å². The third-order valence-corrected chi connectivity index (χ3v) is 3.36. The Kier molecular flexibility index (Phi) is 3.06. The molecule has 2 N–H and O–H groups in total. The molecular weight excluding hydrogens is 198 g/mol. The number of nitrogens with zero attached hydrogens (tertiary/aromatic N) is 2. The summed E-state index contributed by atoms with van der Waals surface area (Å²) in [4.78, 5) is 4.47. The molecule has 0 fully saturated rings. The van der Waals surface area contributed by atoms with Crippen LogP contribution in [-0.4, -0.2) is 39.1 Å². The zero-order valence-corrected chi connectivity index (χ0v) is 10.5. The van der Waals surface area contributed by atoms with Gasteiger partial charge in [-0.3, -0.25) is 0 Å². The fraction of sp³-hybridized carbons (Fsp3) is 0.538. The predicted octanol–water partition coefficient (Wildman–Crippen LogP) is 1.37. The number of likely N-dealkylation sites (N-methyl/N-ethyl adjacent to an activating group) is 1. The topological polar surface area (TPSA) is 32.5 Å². The summed E-state index contributed by atoms with van der Waals surface area (Å²) in [6.07, 6.45) is 2.25. The summed E-state index contributed by atoms with van der Waals surface area (Å²) in [6, 6.07) is 4.41. The summed E-state index contributed by atoms with van der Waals surface area (Å²) in [6.45, 7) is 2.28. The van der Waals surface area contributed by atoms with Gasteiger partial charge in [0.25, 0.3) is 0 Å². The van der Waals surface area contributed by atoms with Crippen LogP contribution in [0.2, 0.25) is 0 Å². The van der Waals surface area contributed by atoms with Crippen LogP contribution in [0, 0.1) is 0 Å². The summed E-state index contributed by atoms with van der Waals surface area (Å²) < 4.78 is 0. The number of nitrogen functional groups attached to an aromatic ring is 1. The fourth-order valence-corrected chi connectivity index (χ4v) is 2.28. The highest BCUT2D eigenvalue weighted by molar-refractivity contribution is 5.69. The van der Waals surface area contributed by atoms with Gasteiger partial charge in [0.15, 0.2) is 0 Å². The molecule has 0 aromatic heterocycles. The Balaban J connectivity index is 2.38. The van der Waals surface area contributed by atoms with Gasteiger partial charge in [0.1, 0.15) is 0 Å². The van der Waals surface area contributed by atoms with Crippen LogP contribution in [0.3, 0.4) is 0 Å². The standard InChI is InChI=1S/C13H21N3/c1-15(2)13-9-11-5-7-16(3)6-4-10(11)8-12(13)14/h8-9H,4-7,14H2,1-3H3. The molecule has 0 radical (unpaired) electrons. The highest BCUT2D eigenvalue weighted by Crippen LogP contribution is 2.28. The number of fused-ring (bicyclic) bond motifs is 1. The van der Waals surface area contributed by atoms with Gasteiger partial charge >= 0.3 is 0 Å².